The summed E-state index contributed by atoms with van der Waals surface area (Å²) in [6, 6.07) is 10.00. The predicted molar refractivity (Wildman–Crippen MR) is 115 cm³/mol. The highest BCUT2D eigenvalue weighted by Crippen LogP contribution is 2.32. The van der Waals surface area contributed by atoms with Crippen LogP contribution >= 0.6 is 11.3 Å². The van der Waals surface area contributed by atoms with Crippen LogP contribution < -0.4 is 21.1 Å². The van der Waals surface area contributed by atoms with E-state index in [0.29, 0.717) is 30.8 Å². The Morgan fingerprint density at radius 3 is 2.83 bits per heavy atom. The van der Waals surface area contributed by atoms with E-state index in [9.17, 15) is 0 Å². The molecule has 0 atom stereocenters. The molecule has 4 aromatic rings. The second-order valence-corrected chi connectivity index (χ2v) is 7.78. The Kier molecular flexibility index (Phi) is 4.30. The molecule has 0 fully saturated rings. The fourth-order valence-electron chi connectivity index (χ4n) is 3.37. The maximum atomic E-state index is 9.04. The minimum atomic E-state index is 0.170. The fraction of sp³-hybridized carbons (Fsp3) is 0.150. The molecule has 4 N–H and O–H groups in total. The summed E-state index contributed by atoms with van der Waals surface area (Å²) in [5.74, 6) is 1.45. The van der Waals surface area contributed by atoms with E-state index in [1.165, 1.54) is 17.5 Å². The van der Waals surface area contributed by atoms with Crippen molar-refractivity contribution < 1.29 is 4.74 Å². The van der Waals surface area contributed by atoms with Gasteiger partial charge in [-0.15, -0.1) is 0 Å². The molecule has 0 bridgehead atoms. The third-order valence-corrected chi connectivity index (χ3v) is 5.66. The van der Waals surface area contributed by atoms with E-state index in [2.05, 4.69) is 26.0 Å². The number of ether oxygens (including phenoxy) is 1. The van der Waals surface area contributed by atoms with Gasteiger partial charge in [-0.3, -0.25) is 0 Å². The number of benzene rings is 1. The molecule has 0 spiro atoms. The average Bonchev–Trinajstić information content (AvgIpc) is 2.99. The summed E-state index contributed by atoms with van der Waals surface area (Å²) < 4.78 is 5.92. The first-order valence-electron chi connectivity index (χ1n) is 9.16. The summed E-state index contributed by atoms with van der Waals surface area (Å²) in [6.07, 6.45) is 3.27. The molecule has 0 unspecified atom stereocenters. The van der Waals surface area contributed by atoms with Gasteiger partial charge in [0.2, 0.25) is 5.95 Å². The first kappa shape index (κ1) is 18.1. The van der Waals surface area contributed by atoms with Gasteiger partial charge in [-0.1, -0.05) is 17.4 Å². The summed E-state index contributed by atoms with van der Waals surface area (Å²) in [5.41, 5.74) is 15.6. The largest absolute Gasteiger partial charge is 0.491 e. The molecular weight excluding hydrogens is 400 g/mol. The number of thiazole rings is 1. The van der Waals surface area contributed by atoms with Crippen LogP contribution in [0.2, 0.25) is 0 Å². The van der Waals surface area contributed by atoms with Gasteiger partial charge in [0.25, 0.3) is 0 Å². The van der Waals surface area contributed by atoms with Crippen LogP contribution in [0.4, 0.5) is 16.9 Å². The van der Waals surface area contributed by atoms with Crippen molar-refractivity contribution in [1.29, 1.82) is 5.26 Å². The van der Waals surface area contributed by atoms with Gasteiger partial charge in [0, 0.05) is 23.9 Å². The van der Waals surface area contributed by atoms with Gasteiger partial charge in [0.15, 0.2) is 5.13 Å². The van der Waals surface area contributed by atoms with Crippen LogP contribution in [-0.2, 0) is 6.54 Å². The van der Waals surface area contributed by atoms with E-state index in [-0.39, 0.29) is 11.4 Å². The summed E-state index contributed by atoms with van der Waals surface area (Å²) in [5, 5.41) is 9.54. The van der Waals surface area contributed by atoms with Crippen molar-refractivity contribution in [2.75, 3.05) is 29.5 Å². The molecule has 0 amide bonds. The SMILES string of the molecule is N#Cc1cnc(N2CCOc3ccc(-c4cnc5sc(N)nc5c4)cc3C2)nc1N. The van der Waals surface area contributed by atoms with Gasteiger partial charge in [-0.2, -0.15) is 10.2 Å². The Labute approximate surface area is 175 Å². The summed E-state index contributed by atoms with van der Waals surface area (Å²) in [6.45, 7) is 1.63. The normalized spacial score (nSPS) is 13.4. The Balaban J connectivity index is 1.49. The van der Waals surface area contributed by atoms with Gasteiger partial charge in [-0.05, 0) is 23.8 Å². The number of nitriles is 1. The number of nitrogens with zero attached hydrogens (tertiary/aromatic N) is 6. The lowest BCUT2D eigenvalue weighted by atomic mass is 10.0. The van der Waals surface area contributed by atoms with Gasteiger partial charge in [-0.25, -0.2) is 15.0 Å². The molecule has 1 aliphatic heterocycles. The van der Waals surface area contributed by atoms with Crippen LogP contribution in [0.15, 0.2) is 36.7 Å². The first-order valence-corrected chi connectivity index (χ1v) is 9.98. The molecule has 1 aromatic carbocycles. The number of fused-ring (bicyclic) bond motifs is 2. The quantitative estimate of drug-likeness (QED) is 0.504. The second-order valence-electron chi connectivity index (χ2n) is 6.77. The lowest BCUT2D eigenvalue weighted by molar-refractivity contribution is 0.331. The fourth-order valence-corrected chi connectivity index (χ4v) is 4.02. The number of hydrogen-bond donors (Lipinski definition) is 2. The van der Waals surface area contributed by atoms with Crippen molar-refractivity contribution >= 4 is 38.6 Å². The van der Waals surface area contributed by atoms with E-state index < -0.39 is 0 Å². The Hall–Kier alpha value is -3.97. The van der Waals surface area contributed by atoms with Crippen molar-refractivity contribution in [1.82, 2.24) is 19.9 Å². The van der Waals surface area contributed by atoms with Crippen molar-refractivity contribution in [3.8, 4) is 22.9 Å². The first-order chi connectivity index (χ1) is 14.6. The third-order valence-electron chi connectivity index (χ3n) is 4.85. The van der Waals surface area contributed by atoms with Crippen LogP contribution in [0.3, 0.4) is 0 Å². The molecule has 30 heavy (non-hydrogen) atoms. The number of hydrogen-bond acceptors (Lipinski definition) is 10. The second kappa shape index (κ2) is 7.13. The molecule has 0 saturated heterocycles. The average molecular weight is 416 g/mol. The Morgan fingerprint density at radius 1 is 1.10 bits per heavy atom. The zero-order valence-electron chi connectivity index (χ0n) is 15.7. The summed E-state index contributed by atoms with van der Waals surface area (Å²) in [7, 11) is 0. The predicted octanol–water partition coefficient (Wildman–Crippen LogP) is 2.58. The molecule has 4 heterocycles. The number of nitrogens with two attached hydrogens (primary N) is 2. The number of aromatic nitrogens is 4. The topological polar surface area (TPSA) is 140 Å². The molecule has 3 aromatic heterocycles. The molecule has 0 aliphatic carbocycles. The van der Waals surface area contributed by atoms with Gasteiger partial charge >= 0.3 is 0 Å². The molecule has 10 heteroatoms. The zero-order chi connectivity index (χ0) is 20.7. The molecule has 1 aliphatic rings. The third kappa shape index (κ3) is 3.21. The molecule has 0 radical (unpaired) electrons. The molecule has 5 rings (SSSR count). The molecule has 148 valence electrons. The summed E-state index contributed by atoms with van der Waals surface area (Å²) >= 11 is 1.37. The van der Waals surface area contributed by atoms with Crippen molar-refractivity contribution in [3.05, 3.63) is 47.8 Å². The Morgan fingerprint density at radius 2 is 2.00 bits per heavy atom. The smallest absolute Gasteiger partial charge is 0.227 e. The molecule has 9 nitrogen and oxygen atoms in total. The standard InChI is InChI=1S/C20H16N8OS/c21-7-14-9-25-20(27-17(14)22)28-3-4-29-16-2-1-11(5-13(16)10-28)12-6-15-18(24-8-12)30-19(23)26-15/h1-2,5-6,8-9H,3-4,10H2,(H2,23,26)(H2,22,25,27). The monoisotopic (exact) mass is 416 g/mol. The van der Waals surface area contributed by atoms with E-state index in [1.807, 2.05) is 35.4 Å². The maximum absolute atomic E-state index is 9.04. The van der Waals surface area contributed by atoms with Crippen LogP contribution in [0, 0.1) is 11.3 Å². The van der Waals surface area contributed by atoms with E-state index in [1.54, 1.807) is 0 Å². The van der Waals surface area contributed by atoms with Gasteiger partial charge < -0.3 is 21.1 Å². The summed E-state index contributed by atoms with van der Waals surface area (Å²) in [4.78, 5) is 20.2. The van der Waals surface area contributed by atoms with Gasteiger partial charge in [0.1, 0.15) is 40.2 Å². The Bertz CT molecular complexity index is 1310. The van der Waals surface area contributed by atoms with E-state index in [0.717, 1.165) is 32.8 Å². The number of pyridine rings is 1. The zero-order valence-corrected chi connectivity index (χ0v) is 16.6. The highest BCUT2D eigenvalue weighted by atomic mass is 32.1. The maximum Gasteiger partial charge on any atom is 0.227 e. The van der Waals surface area contributed by atoms with Crippen LogP contribution in [-0.4, -0.2) is 33.1 Å². The van der Waals surface area contributed by atoms with Crippen molar-refractivity contribution in [3.63, 3.8) is 0 Å². The molecule has 0 saturated carbocycles. The highest BCUT2D eigenvalue weighted by Gasteiger charge is 2.19. The number of rotatable bonds is 2. The molecular formula is C20H16N8OS. The van der Waals surface area contributed by atoms with Gasteiger partial charge in [0.05, 0.1) is 12.7 Å². The van der Waals surface area contributed by atoms with Crippen LogP contribution in [0.1, 0.15) is 11.1 Å². The van der Waals surface area contributed by atoms with Crippen LogP contribution in [0.25, 0.3) is 21.5 Å². The minimum Gasteiger partial charge on any atom is -0.491 e. The van der Waals surface area contributed by atoms with Crippen LogP contribution in [0.5, 0.6) is 5.75 Å². The lowest BCUT2D eigenvalue weighted by Gasteiger charge is -2.20. The number of anilines is 3. The van der Waals surface area contributed by atoms with Crippen molar-refractivity contribution in [2.45, 2.75) is 6.54 Å². The highest BCUT2D eigenvalue weighted by molar-refractivity contribution is 7.21. The lowest BCUT2D eigenvalue weighted by Crippen LogP contribution is -2.27. The minimum absolute atomic E-state index is 0.170. The van der Waals surface area contributed by atoms with E-state index >= 15 is 0 Å². The van der Waals surface area contributed by atoms with E-state index in [4.69, 9.17) is 21.5 Å². The van der Waals surface area contributed by atoms with Crippen molar-refractivity contribution in [2.24, 2.45) is 0 Å². The number of nitrogen functional groups attached to an aromatic ring is 2.